The molecule has 0 aliphatic heterocycles. The minimum absolute atomic E-state index is 0. The van der Waals surface area contributed by atoms with Crippen LogP contribution in [0.25, 0.3) is 11.1 Å². The van der Waals surface area contributed by atoms with Crippen LogP contribution in [0, 0.1) is 25.2 Å². The van der Waals surface area contributed by atoms with Crippen LogP contribution in [-0.4, -0.2) is 3.21 Å². The number of fused-ring (bicyclic) bond motifs is 3. The Balaban J connectivity index is 0.00000202. The van der Waals surface area contributed by atoms with Gasteiger partial charge in [-0.15, -0.1) is 0 Å². The summed E-state index contributed by atoms with van der Waals surface area (Å²) in [5, 5.41) is 0. The first-order valence-corrected chi connectivity index (χ1v) is 18.5. The summed E-state index contributed by atoms with van der Waals surface area (Å²) in [6, 6.07) is 37.3. The third-order valence-electron chi connectivity index (χ3n) is 8.85. The van der Waals surface area contributed by atoms with E-state index in [9.17, 15) is 0 Å². The van der Waals surface area contributed by atoms with E-state index in [0.29, 0.717) is 9.54 Å². The van der Waals surface area contributed by atoms with Crippen LogP contribution in [0.3, 0.4) is 0 Å². The van der Waals surface area contributed by atoms with E-state index in [1.54, 1.807) is 17.6 Å². The minimum Gasteiger partial charge on any atom is -1.00 e. The third kappa shape index (κ3) is 5.78. The van der Waals surface area contributed by atoms with Crippen LogP contribution >= 0.6 is 0 Å². The summed E-state index contributed by atoms with van der Waals surface area (Å²) >= 11 is -2.76. The molecule has 0 amide bonds. The Morgan fingerprint density at radius 3 is 1.45 bits per heavy atom. The van der Waals surface area contributed by atoms with Crippen LogP contribution in [0.4, 0.5) is 0 Å². The fourth-order valence-electron chi connectivity index (χ4n) is 7.02. The molecule has 0 saturated heterocycles. The van der Waals surface area contributed by atoms with E-state index in [1.165, 1.54) is 44.5 Å². The number of aryl methyl sites for hydroxylation is 2. The number of halogens is 2. The maximum absolute atomic E-state index is 2.76. The number of allylic oxidation sites excluding steroid dienone is 4. The van der Waals surface area contributed by atoms with Gasteiger partial charge in [0.2, 0.25) is 0 Å². The summed E-state index contributed by atoms with van der Waals surface area (Å²) in [5.41, 5.74) is 14.6. The maximum Gasteiger partial charge on any atom is -1.00 e. The Morgan fingerprint density at radius 2 is 1.05 bits per heavy atom. The van der Waals surface area contributed by atoms with Crippen LogP contribution in [0.1, 0.15) is 71.6 Å². The molecule has 0 heterocycles. The topological polar surface area (TPSA) is 0 Å². The van der Waals surface area contributed by atoms with E-state index in [-0.39, 0.29) is 30.2 Å². The SMILES string of the molecule is CC1=[C]([Zr+2](=[C](c2ccc(C)cc2)c2ccc(C)cc2)[CH]2c3ccccc3-c3ccccc32)C(C)C=C1C(C)(C)C.[Cl-].[Cl-]. The second-order valence-corrected chi connectivity index (χ2v) is 18.8. The molecule has 0 saturated carbocycles. The van der Waals surface area contributed by atoms with Crippen LogP contribution in [-0.2, 0) is 21.3 Å². The molecule has 0 spiro atoms. The fourth-order valence-corrected chi connectivity index (χ4v) is 17.0. The fraction of sp³-hybridized carbons (Fsp3) is 0.256. The van der Waals surface area contributed by atoms with Crippen molar-refractivity contribution in [2.45, 2.75) is 52.1 Å². The normalized spacial score (nSPS) is 15.6. The predicted octanol–water partition coefficient (Wildman–Crippen LogP) is 4.16. The Morgan fingerprint density at radius 1 is 0.619 bits per heavy atom. The molecule has 1 atom stereocenters. The largest absolute Gasteiger partial charge is 1.00 e. The zero-order chi connectivity index (χ0) is 28.2. The Kier molecular flexibility index (Phi) is 9.89. The number of rotatable bonds is 4. The monoisotopic (exact) mass is 668 g/mol. The van der Waals surface area contributed by atoms with Crippen LogP contribution in [0.5, 0.6) is 0 Å². The molecule has 214 valence electrons. The first kappa shape index (κ1) is 32.6. The first-order valence-electron chi connectivity index (χ1n) is 14.7. The van der Waals surface area contributed by atoms with E-state index in [2.05, 4.69) is 152 Å². The quantitative estimate of drug-likeness (QED) is 0.306. The second-order valence-electron chi connectivity index (χ2n) is 12.8. The van der Waals surface area contributed by atoms with Crippen molar-refractivity contribution in [1.82, 2.24) is 0 Å². The molecular formula is C39H40Cl2Zr. The molecule has 1 unspecified atom stereocenters. The van der Waals surface area contributed by atoms with Crippen molar-refractivity contribution >= 4 is 3.21 Å². The molecular weight excluding hydrogens is 631 g/mol. The molecule has 2 aliphatic rings. The van der Waals surface area contributed by atoms with Gasteiger partial charge >= 0.3 is 250 Å². The number of hydrogen-bond acceptors (Lipinski definition) is 0. The molecule has 4 aromatic rings. The Hall–Kier alpha value is -2.31. The van der Waals surface area contributed by atoms with Gasteiger partial charge in [-0.05, 0) is 0 Å². The summed E-state index contributed by atoms with van der Waals surface area (Å²) in [5.74, 6) is 0.453. The van der Waals surface area contributed by atoms with Crippen molar-refractivity contribution in [3.05, 3.63) is 151 Å². The van der Waals surface area contributed by atoms with E-state index in [0.717, 1.165) is 0 Å². The predicted molar refractivity (Wildman–Crippen MR) is 169 cm³/mol. The second kappa shape index (κ2) is 12.7. The van der Waals surface area contributed by atoms with Gasteiger partial charge in [0.1, 0.15) is 0 Å². The van der Waals surface area contributed by atoms with Gasteiger partial charge in [-0.25, -0.2) is 0 Å². The Bertz CT molecular complexity index is 1600. The summed E-state index contributed by atoms with van der Waals surface area (Å²) in [6.45, 7) is 16.4. The van der Waals surface area contributed by atoms with Crippen molar-refractivity contribution in [3.63, 3.8) is 0 Å². The van der Waals surface area contributed by atoms with Crippen LogP contribution < -0.4 is 24.8 Å². The summed E-state index contributed by atoms with van der Waals surface area (Å²) in [6.07, 6.45) is 2.60. The van der Waals surface area contributed by atoms with Gasteiger partial charge in [0, 0.05) is 0 Å². The molecule has 0 radical (unpaired) electrons. The van der Waals surface area contributed by atoms with Gasteiger partial charge in [0.25, 0.3) is 0 Å². The van der Waals surface area contributed by atoms with Crippen molar-refractivity contribution in [3.8, 4) is 11.1 Å². The molecule has 0 aromatic heterocycles. The van der Waals surface area contributed by atoms with Gasteiger partial charge in [0.05, 0.1) is 0 Å². The van der Waals surface area contributed by atoms with Gasteiger partial charge in [0.15, 0.2) is 0 Å². The van der Waals surface area contributed by atoms with Crippen LogP contribution in [0.2, 0.25) is 0 Å². The van der Waals surface area contributed by atoms with Gasteiger partial charge < -0.3 is 24.8 Å². The molecule has 0 bridgehead atoms. The molecule has 2 aliphatic carbocycles. The van der Waals surface area contributed by atoms with Gasteiger partial charge in [-0.2, -0.15) is 0 Å². The first-order chi connectivity index (χ1) is 19.1. The van der Waals surface area contributed by atoms with E-state index in [1.807, 2.05) is 0 Å². The number of benzene rings is 4. The smallest absolute Gasteiger partial charge is 1.00 e. The third-order valence-corrected chi connectivity index (χ3v) is 18.0. The van der Waals surface area contributed by atoms with Crippen molar-refractivity contribution in [2.24, 2.45) is 11.3 Å². The molecule has 0 fully saturated rings. The molecule has 3 heteroatoms. The molecule has 6 rings (SSSR count). The van der Waals surface area contributed by atoms with Crippen molar-refractivity contribution < 1.29 is 46.1 Å². The summed E-state index contributed by atoms with van der Waals surface area (Å²) in [7, 11) is 0. The zero-order valence-corrected chi connectivity index (χ0v) is 29.7. The minimum atomic E-state index is -2.76. The summed E-state index contributed by atoms with van der Waals surface area (Å²) in [4.78, 5) is 0. The van der Waals surface area contributed by atoms with Gasteiger partial charge in [-0.3, -0.25) is 0 Å². The van der Waals surface area contributed by atoms with Crippen LogP contribution in [0.15, 0.2) is 118 Å². The standard InChI is InChI=1S/C15H14.C13H9.C11H17.2ClH.Zr/c1-12-3-7-14(8-4-12)11-15-9-5-13(2)6-10-15;1-3-7-12-10(5-1)9-11-6-2-4-8-13(11)12;1-8-6-9(2)10(7-8)11(3,4)5;;;/h3-10H,1-2H3;1-9H;7-8H,1-5H3;2*1H;/q;;;;;+2/p-2. The van der Waals surface area contributed by atoms with E-state index in [4.69, 9.17) is 0 Å². The average Bonchev–Trinajstić information content (AvgIpc) is 3.43. The van der Waals surface area contributed by atoms with Gasteiger partial charge in [-0.1, -0.05) is 0 Å². The molecule has 42 heavy (non-hydrogen) atoms. The van der Waals surface area contributed by atoms with Crippen molar-refractivity contribution in [1.29, 1.82) is 0 Å². The average molecular weight is 671 g/mol. The summed E-state index contributed by atoms with van der Waals surface area (Å²) < 4.78 is 3.83. The Labute approximate surface area is 273 Å². The maximum atomic E-state index is 2.60. The molecule has 0 nitrogen and oxygen atoms in total. The van der Waals surface area contributed by atoms with E-state index >= 15 is 0 Å². The molecule has 0 N–H and O–H groups in total. The zero-order valence-electron chi connectivity index (χ0n) is 25.7. The molecule has 4 aromatic carbocycles. The van der Waals surface area contributed by atoms with Crippen molar-refractivity contribution in [2.75, 3.05) is 0 Å². The number of hydrogen-bond donors (Lipinski definition) is 0. The van der Waals surface area contributed by atoms with E-state index < -0.39 is 21.3 Å².